The van der Waals surface area contributed by atoms with Crippen LogP contribution in [0.25, 0.3) is 11.3 Å². The van der Waals surface area contributed by atoms with E-state index in [0.29, 0.717) is 32.7 Å². The van der Waals surface area contributed by atoms with E-state index in [9.17, 15) is 5.11 Å². The third-order valence-corrected chi connectivity index (χ3v) is 6.50. The molecule has 2 aromatic rings. The molecule has 2 fully saturated rings. The molecule has 0 radical (unpaired) electrons. The lowest BCUT2D eigenvalue weighted by Gasteiger charge is -2.32. The number of hydrogen-bond donors (Lipinski definition) is 1. The monoisotopic (exact) mass is 470 g/mol. The maximum absolute atomic E-state index is 10.7. The number of benzene rings is 1. The molecule has 0 spiro atoms. The first kappa shape index (κ1) is 24.9. The number of aliphatic hydroxyl groups is 1. The maximum Gasteiger partial charge on any atom is 0.232 e. The van der Waals surface area contributed by atoms with Crippen LogP contribution >= 0.6 is 0 Å². The molecule has 34 heavy (non-hydrogen) atoms. The molecule has 1 atom stereocenters. The lowest BCUT2D eigenvalue weighted by molar-refractivity contribution is 0.0288. The zero-order valence-corrected chi connectivity index (χ0v) is 20.1. The molecule has 8 nitrogen and oxygen atoms in total. The van der Waals surface area contributed by atoms with Crippen molar-refractivity contribution < 1.29 is 19.1 Å². The molecular formula is C26H38N4O4. The van der Waals surface area contributed by atoms with Crippen molar-refractivity contribution in [2.75, 3.05) is 77.1 Å². The van der Waals surface area contributed by atoms with Crippen LogP contribution in [0, 0.1) is 0 Å². The van der Waals surface area contributed by atoms with Gasteiger partial charge in [-0.2, -0.15) is 0 Å². The van der Waals surface area contributed by atoms with Gasteiger partial charge in [-0.05, 0) is 12.8 Å². The summed E-state index contributed by atoms with van der Waals surface area (Å²) in [4.78, 5) is 7.00. The number of anilines is 1. The van der Waals surface area contributed by atoms with Gasteiger partial charge in [0.2, 0.25) is 5.88 Å². The normalized spacial score (nSPS) is 18.4. The van der Waals surface area contributed by atoms with Crippen molar-refractivity contribution in [1.29, 1.82) is 0 Å². The van der Waals surface area contributed by atoms with Crippen LogP contribution in [0.15, 0.2) is 47.5 Å². The molecule has 3 heterocycles. The first-order valence-corrected chi connectivity index (χ1v) is 12.4. The van der Waals surface area contributed by atoms with Crippen LogP contribution in [-0.4, -0.2) is 98.4 Å². The second-order valence-corrected chi connectivity index (χ2v) is 8.99. The summed E-state index contributed by atoms with van der Waals surface area (Å²) in [5, 5.41) is 15.2. The minimum atomic E-state index is -0.408. The van der Waals surface area contributed by atoms with Gasteiger partial charge in [0.15, 0.2) is 0 Å². The second kappa shape index (κ2) is 13.0. The number of aromatic nitrogens is 1. The molecule has 0 saturated carbocycles. The summed E-state index contributed by atoms with van der Waals surface area (Å²) < 4.78 is 17.0. The van der Waals surface area contributed by atoms with Crippen LogP contribution < -0.4 is 4.90 Å². The summed E-state index contributed by atoms with van der Waals surface area (Å²) in [5.74, 6) is 0.819. The van der Waals surface area contributed by atoms with Crippen molar-refractivity contribution in [2.45, 2.75) is 25.5 Å². The standard InChI is InChI=1S/C26H38N4O4/c1-2-3-9-23(31)20-29(11-10-28-12-16-32-17-13-28)21-24-25(22-7-5-4-6-8-22)27-34-26(24)30-14-18-33-19-15-30/h2,4-8,23,31H,1,3,9-21H2/t23-/m0/s1. The van der Waals surface area contributed by atoms with Gasteiger partial charge in [0.05, 0.1) is 38.1 Å². The second-order valence-electron chi connectivity index (χ2n) is 8.99. The zero-order valence-electron chi connectivity index (χ0n) is 20.1. The highest BCUT2D eigenvalue weighted by Crippen LogP contribution is 2.33. The van der Waals surface area contributed by atoms with Crippen LogP contribution in [0.4, 0.5) is 5.88 Å². The molecule has 0 bridgehead atoms. The molecule has 1 N–H and O–H groups in total. The summed E-state index contributed by atoms with van der Waals surface area (Å²) in [6, 6.07) is 10.2. The molecule has 0 amide bonds. The molecule has 0 unspecified atom stereocenters. The van der Waals surface area contributed by atoms with Crippen LogP contribution in [0.3, 0.4) is 0 Å². The van der Waals surface area contributed by atoms with E-state index in [1.54, 1.807) is 0 Å². The van der Waals surface area contributed by atoms with Crippen LogP contribution in [0.5, 0.6) is 0 Å². The van der Waals surface area contributed by atoms with Crippen LogP contribution in [-0.2, 0) is 16.0 Å². The number of aliphatic hydroxyl groups excluding tert-OH is 1. The number of nitrogens with zero attached hydrogens (tertiary/aromatic N) is 4. The number of rotatable bonds is 12. The third-order valence-electron chi connectivity index (χ3n) is 6.50. The van der Waals surface area contributed by atoms with Crippen molar-refractivity contribution in [3.8, 4) is 11.3 Å². The summed E-state index contributed by atoms with van der Waals surface area (Å²) in [5.41, 5.74) is 2.99. The Morgan fingerprint density at radius 2 is 1.76 bits per heavy atom. The first-order valence-electron chi connectivity index (χ1n) is 12.4. The summed E-state index contributed by atoms with van der Waals surface area (Å²) in [6.45, 7) is 13.3. The van der Waals surface area contributed by atoms with Crippen molar-refractivity contribution in [3.05, 3.63) is 48.6 Å². The summed E-state index contributed by atoms with van der Waals surface area (Å²) >= 11 is 0. The van der Waals surface area contributed by atoms with E-state index in [0.717, 1.165) is 81.6 Å². The minimum Gasteiger partial charge on any atom is -0.392 e. The van der Waals surface area contributed by atoms with Gasteiger partial charge in [0.1, 0.15) is 5.69 Å². The average Bonchev–Trinajstić information content (AvgIpc) is 3.31. The highest BCUT2D eigenvalue weighted by Gasteiger charge is 2.26. The van der Waals surface area contributed by atoms with Crippen molar-refractivity contribution in [3.63, 3.8) is 0 Å². The molecule has 8 heteroatoms. The van der Waals surface area contributed by atoms with E-state index in [2.05, 4.69) is 38.6 Å². The van der Waals surface area contributed by atoms with E-state index < -0.39 is 6.10 Å². The number of allylic oxidation sites excluding steroid dienone is 1. The Kier molecular flexibility index (Phi) is 9.53. The average molecular weight is 471 g/mol. The third kappa shape index (κ3) is 6.90. The van der Waals surface area contributed by atoms with Gasteiger partial charge >= 0.3 is 0 Å². The van der Waals surface area contributed by atoms with E-state index in [-0.39, 0.29) is 0 Å². The highest BCUT2D eigenvalue weighted by molar-refractivity contribution is 5.68. The SMILES string of the molecule is C=CCC[C@H](O)CN(CCN1CCOCC1)Cc1c(-c2ccccc2)noc1N1CCOCC1. The predicted molar refractivity (Wildman–Crippen MR) is 133 cm³/mol. The largest absolute Gasteiger partial charge is 0.392 e. The fraction of sp³-hybridized carbons (Fsp3) is 0.577. The van der Waals surface area contributed by atoms with Gasteiger partial charge in [0, 0.05) is 57.9 Å². The smallest absolute Gasteiger partial charge is 0.232 e. The van der Waals surface area contributed by atoms with E-state index in [1.807, 2.05) is 24.3 Å². The minimum absolute atomic E-state index is 0.408. The van der Waals surface area contributed by atoms with Crippen molar-refractivity contribution in [2.24, 2.45) is 0 Å². The van der Waals surface area contributed by atoms with Gasteiger partial charge in [-0.1, -0.05) is 41.6 Å². The Morgan fingerprint density at radius 3 is 2.47 bits per heavy atom. The van der Waals surface area contributed by atoms with Crippen LogP contribution in [0.2, 0.25) is 0 Å². The molecule has 186 valence electrons. The molecule has 4 rings (SSSR count). The van der Waals surface area contributed by atoms with E-state index >= 15 is 0 Å². The van der Waals surface area contributed by atoms with Crippen molar-refractivity contribution in [1.82, 2.24) is 15.0 Å². The molecule has 0 aliphatic carbocycles. The molecule has 2 aliphatic heterocycles. The van der Waals surface area contributed by atoms with Gasteiger partial charge in [-0.25, -0.2) is 0 Å². The quantitative estimate of drug-likeness (QED) is 0.475. The Balaban J connectivity index is 1.56. The first-order chi connectivity index (χ1) is 16.7. The van der Waals surface area contributed by atoms with Gasteiger partial charge in [-0.3, -0.25) is 9.80 Å². The molecule has 2 saturated heterocycles. The lowest BCUT2D eigenvalue weighted by Crippen LogP contribution is -2.43. The molecule has 1 aromatic carbocycles. The highest BCUT2D eigenvalue weighted by atomic mass is 16.5. The van der Waals surface area contributed by atoms with Crippen molar-refractivity contribution >= 4 is 5.88 Å². The summed E-state index contributed by atoms with van der Waals surface area (Å²) in [7, 11) is 0. The zero-order chi connectivity index (χ0) is 23.6. The van der Waals surface area contributed by atoms with E-state index in [1.165, 1.54) is 0 Å². The number of morpholine rings is 2. The Labute approximate surface area is 202 Å². The van der Waals surface area contributed by atoms with Crippen LogP contribution in [0.1, 0.15) is 18.4 Å². The number of hydrogen-bond acceptors (Lipinski definition) is 8. The molecular weight excluding hydrogens is 432 g/mol. The summed E-state index contributed by atoms with van der Waals surface area (Å²) in [6.07, 6.45) is 2.98. The maximum atomic E-state index is 10.7. The Bertz CT molecular complexity index is 863. The van der Waals surface area contributed by atoms with Gasteiger partial charge < -0.3 is 24.0 Å². The fourth-order valence-electron chi connectivity index (χ4n) is 4.55. The predicted octanol–water partition coefficient (Wildman–Crippen LogP) is 2.64. The van der Waals surface area contributed by atoms with Gasteiger partial charge in [-0.15, -0.1) is 6.58 Å². The Morgan fingerprint density at radius 1 is 1.06 bits per heavy atom. The van der Waals surface area contributed by atoms with E-state index in [4.69, 9.17) is 14.0 Å². The Hall–Kier alpha value is -2.23. The molecule has 2 aliphatic rings. The topological polar surface area (TPSA) is 74.4 Å². The van der Waals surface area contributed by atoms with Gasteiger partial charge in [0.25, 0.3) is 0 Å². The lowest BCUT2D eigenvalue weighted by atomic mass is 10.1. The number of ether oxygens (including phenoxy) is 2. The molecule has 1 aromatic heterocycles. The fourth-order valence-corrected chi connectivity index (χ4v) is 4.55.